The van der Waals surface area contributed by atoms with E-state index in [1.54, 1.807) is 35.8 Å². The largest absolute Gasteiger partial charge is 0.508 e. The number of rotatable bonds is 1. The van der Waals surface area contributed by atoms with E-state index in [0.29, 0.717) is 34.6 Å². The van der Waals surface area contributed by atoms with Gasteiger partial charge in [-0.05, 0) is 36.8 Å². The molecule has 0 radical (unpaired) electrons. The third-order valence-electron chi connectivity index (χ3n) is 5.49. The summed E-state index contributed by atoms with van der Waals surface area (Å²) in [5.74, 6) is -0.585. The van der Waals surface area contributed by atoms with E-state index in [1.807, 2.05) is 6.07 Å². The molecular formula is C20H18N2O6. The summed E-state index contributed by atoms with van der Waals surface area (Å²) in [7, 11) is 0. The van der Waals surface area contributed by atoms with Crippen molar-refractivity contribution in [3.63, 3.8) is 0 Å². The highest BCUT2D eigenvalue weighted by Gasteiger charge is 2.45. The van der Waals surface area contributed by atoms with Gasteiger partial charge in [0, 0.05) is 16.5 Å². The van der Waals surface area contributed by atoms with Crippen LogP contribution >= 0.6 is 0 Å². The Bertz CT molecular complexity index is 1220. The number of hydrogen-bond acceptors (Lipinski definition) is 6. The molecule has 0 spiro atoms. The molecule has 2 aromatic heterocycles. The fraction of sp³-hybridized carbons (Fsp3) is 0.250. The van der Waals surface area contributed by atoms with Crippen molar-refractivity contribution in [2.24, 2.45) is 0 Å². The lowest BCUT2D eigenvalue weighted by Gasteiger charge is -2.31. The molecule has 144 valence electrons. The molecule has 2 aliphatic rings. The molecule has 0 saturated carbocycles. The highest BCUT2D eigenvalue weighted by atomic mass is 16.6. The minimum absolute atomic E-state index is 0. The average molecular weight is 382 g/mol. The van der Waals surface area contributed by atoms with Crippen molar-refractivity contribution in [2.75, 3.05) is 0 Å². The highest BCUT2D eigenvalue weighted by Crippen LogP contribution is 2.38. The summed E-state index contributed by atoms with van der Waals surface area (Å²) in [5, 5.41) is 21.3. The minimum atomic E-state index is -1.83. The number of aromatic hydroxyl groups is 1. The van der Waals surface area contributed by atoms with E-state index >= 15 is 0 Å². The van der Waals surface area contributed by atoms with E-state index in [0.717, 1.165) is 10.9 Å². The van der Waals surface area contributed by atoms with Crippen LogP contribution in [0.5, 0.6) is 5.75 Å². The first-order chi connectivity index (χ1) is 12.9. The van der Waals surface area contributed by atoms with Crippen molar-refractivity contribution >= 4 is 16.9 Å². The average Bonchev–Trinajstić information content (AvgIpc) is 3.01. The zero-order valence-corrected chi connectivity index (χ0v) is 15.0. The van der Waals surface area contributed by atoms with Crippen LogP contribution in [0.4, 0.5) is 0 Å². The van der Waals surface area contributed by atoms with E-state index in [-0.39, 0.29) is 29.8 Å². The van der Waals surface area contributed by atoms with Crippen LogP contribution in [0.2, 0.25) is 0 Å². The Morgan fingerprint density at radius 1 is 1.25 bits per heavy atom. The van der Waals surface area contributed by atoms with Gasteiger partial charge in [-0.15, -0.1) is 0 Å². The Hall–Kier alpha value is -3.23. The van der Waals surface area contributed by atoms with Gasteiger partial charge in [0.05, 0.1) is 29.0 Å². The van der Waals surface area contributed by atoms with Gasteiger partial charge in [-0.1, -0.05) is 6.92 Å². The van der Waals surface area contributed by atoms with Crippen LogP contribution < -0.4 is 5.56 Å². The Balaban J connectivity index is 0.00000192. The topological polar surface area (TPSA) is 133 Å². The summed E-state index contributed by atoms with van der Waals surface area (Å²) in [6.45, 7) is 1.87. The van der Waals surface area contributed by atoms with Crippen LogP contribution in [0.25, 0.3) is 22.3 Å². The monoisotopic (exact) mass is 382 g/mol. The molecule has 0 amide bonds. The Labute approximate surface area is 159 Å². The molecule has 8 nitrogen and oxygen atoms in total. The van der Waals surface area contributed by atoms with Gasteiger partial charge in [0.1, 0.15) is 12.4 Å². The van der Waals surface area contributed by atoms with Crippen molar-refractivity contribution in [3.8, 4) is 17.1 Å². The summed E-state index contributed by atoms with van der Waals surface area (Å²) >= 11 is 0. The number of nitrogens with zero attached hydrogens (tertiary/aromatic N) is 2. The molecule has 1 aromatic carbocycles. The lowest BCUT2D eigenvalue weighted by atomic mass is 9.86. The lowest BCUT2D eigenvalue weighted by molar-refractivity contribution is -0.172. The minimum Gasteiger partial charge on any atom is -0.508 e. The van der Waals surface area contributed by atoms with Gasteiger partial charge in [-0.25, -0.2) is 9.78 Å². The van der Waals surface area contributed by atoms with Gasteiger partial charge in [0.2, 0.25) is 0 Å². The summed E-state index contributed by atoms with van der Waals surface area (Å²) in [6.07, 6.45) is 0.110. The van der Waals surface area contributed by atoms with Gasteiger partial charge < -0.3 is 25.0 Å². The van der Waals surface area contributed by atoms with Crippen LogP contribution in [-0.4, -0.2) is 31.2 Å². The van der Waals surface area contributed by atoms with Gasteiger partial charge in [-0.3, -0.25) is 4.79 Å². The number of carbonyl (C=O) groups is 1. The van der Waals surface area contributed by atoms with Crippen LogP contribution in [0.3, 0.4) is 0 Å². The smallest absolute Gasteiger partial charge is 0.343 e. The number of benzene rings is 1. The van der Waals surface area contributed by atoms with E-state index in [2.05, 4.69) is 4.98 Å². The number of aromatic nitrogens is 2. The Kier molecular flexibility index (Phi) is 3.81. The number of hydrogen-bond donors (Lipinski definition) is 2. The van der Waals surface area contributed by atoms with Gasteiger partial charge in [-0.2, -0.15) is 0 Å². The van der Waals surface area contributed by atoms with Crippen LogP contribution in [0, 0.1) is 0 Å². The summed E-state index contributed by atoms with van der Waals surface area (Å²) in [6, 6.07) is 8.48. The predicted octanol–water partition coefficient (Wildman–Crippen LogP) is 0.960. The number of ether oxygens (including phenoxy) is 1. The SMILES string of the molecule is CCC1(O)C(=O)OCc2c1cc1n(c2=O)Cc2cc3cc(O)ccc3nc2-1.O. The number of aliphatic hydroxyl groups is 1. The number of esters is 1. The van der Waals surface area contributed by atoms with Crippen molar-refractivity contribution in [1.82, 2.24) is 9.55 Å². The first-order valence-electron chi connectivity index (χ1n) is 8.72. The quantitative estimate of drug-likeness (QED) is 0.471. The molecule has 1 atom stereocenters. The molecule has 2 aliphatic heterocycles. The summed E-state index contributed by atoms with van der Waals surface area (Å²) in [5.41, 5.74) is 1.25. The molecule has 4 N–H and O–H groups in total. The molecular weight excluding hydrogens is 364 g/mol. The van der Waals surface area contributed by atoms with E-state index < -0.39 is 11.6 Å². The number of phenolic OH excluding ortho intramolecular Hbond substituents is 1. The molecule has 1 unspecified atom stereocenters. The zero-order valence-electron chi connectivity index (χ0n) is 15.0. The number of phenols is 1. The van der Waals surface area contributed by atoms with E-state index in [1.165, 1.54) is 0 Å². The molecule has 0 aliphatic carbocycles. The first-order valence-corrected chi connectivity index (χ1v) is 8.72. The molecule has 3 aromatic rings. The Morgan fingerprint density at radius 2 is 2.04 bits per heavy atom. The maximum absolute atomic E-state index is 13.0. The maximum atomic E-state index is 13.0. The molecule has 0 saturated heterocycles. The lowest BCUT2D eigenvalue weighted by Crippen LogP contribution is -2.44. The number of fused-ring (bicyclic) bond motifs is 5. The third kappa shape index (κ3) is 2.22. The number of carbonyl (C=O) groups excluding carboxylic acids is 1. The molecule has 8 heteroatoms. The van der Waals surface area contributed by atoms with Gasteiger partial charge in [0.25, 0.3) is 5.56 Å². The van der Waals surface area contributed by atoms with Crippen molar-refractivity contribution < 1.29 is 25.2 Å². The van der Waals surface area contributed by atoms with Crippen molar-refractivity contribution in [2.45, 2.75) is 32.1 Å². The van der Waals surface area contributed by atoms with E-state index in [4.69, 9.17) is 4.74 Å². The second kappa shape index (κ2) is 5.88. The van der Waals surface area contributed by atoms with Crippen LogP contribution in [-0.2, 0) is 28.3 Å². The molecule has 5 rings (SSSR count). The summed E-state index contributed by atoms with van der Waals surface area (Å²) < 4.78 is 6.65. The fourth-order valence-electron chi connectivity index (χ4n) is 3.97. The molecule has 0 bridgehead atoms. The predicted molar refractivity (Wildman–Crippen MR) is 99.8 cm³/mol. The fourth-order valence-corrected chi connectivity index (χ4v) is 3.97. The standard InChI is InChI=1S/C20H16N2O5.H2O/c1-2-20(26)14-7-16-17-11(5-10-6-12(23)3-4-15(10)21-17)8-22(16)18(24)13(14)9-27-19(20)25;/h3-7,23,26H,2,8-9H2,1H3;1H2. The van der Waals surface area contributed by atoms with Gasteiger partial charge >= 0.3 is 5.97 Å². The molecule has 28 heavy (non-hydrogen) atoms. The van der Waals surface area contributed by atoms with Crippen molar-refractivity contribution in [3.05, 3.63) is 57.4 Å². The Morgan fingerprint density at radius 3 is 2.79 bits per heavy atom. The third-order valence-corrected chi connectivity index (χ3v) is 5.49. The van der Waals surface area contributed by atoms with Crippen LogP contribution in [0.1, 0.15) is 30.0 Å². The second-order valence-corrected chi connectivity index (χ2v) is 6.98. The summed E-state index contributed by atoms with van der Waals surface area (Å²) in [4.78, 5) is 29.8. The molecule has 0 fully saturated rings. The van der Waals surface area contributed by atoms with Gasteiger partial charge in [0.15, 0.2) is 5.60 Å². The molecule has 4 heterocycles. The maximum Gasteiger partial charge on any atom is 0.343 e. The first kappa shape index (κ1) is 18.1. The number of cyclic esters (lactones) is 1. The second-order valence-electron chi connectivity index (χ2n) is 6.98. The number of pyridine rings is 2. The van der Waals surface area contributed by atoms with Crippen LogP contribution in [0.15, 0.2) is 35.1 Å². The normalized spacial score (nSPS) is 19.4. The highest BCUT2D eigenvalue weighted by molar-refractivity contribution is 5.86. The van der Waals surface area contributed by atoms with E-state index in [9.17, 15) is 19.8 Å². The zero-order chi connectivity index (χ0) is 18.9. The van der Waals surface area contributed by atoms with Crippen molar-refractivity contribution in [1.29, 1.82) is 0 Å².